The number of amides is 3. The molecule has 0 aliphatic carbocycles. The largest absolute Gasteiger partial charge is 0.497 e. The summed E-state index contributed by atoms with van der Waals surface area (Å²) in [5, 5.41) is 5.88. The van der Waals surface area contributed by atoms with E-state index in [1.807, 2.05) is 31.2 Å². The smallest absolute Gasteiger partial charge is 0.317 e. The highest BCUT2D eigenvalue weighted by Gasteiger charge is 2.40. The fourth-order valence-corrected chi connectivity index (χ4v) is 3.30. The SMILES string of the molecule is CCNC(=O)N1CC(C(=O)NCCC(C)C)C(c2ccc(OC)cc2)C1. The van der Waals surface area contributed by atoms with E-state index >= 15 is 0 Å². The first-order valence-corrected chi connectivity index (χ1v) is 9.40. The van der Waals surface area contributed by atoms with Crippen molar-refractivity contribution in [2.75, 3.05) is 33.3 Å². The van der Waals surface area contributed by atoms with E-state index in [1.54, 1.807) is 12.0 Å². The highest BCUT2D eigenvalue weighted by molar-refractivity contribution is 5.82. The normalized spacial score (nSPS) is 19.5. The molecule has 2 N–H and O–H groups in total. The average molecular weight is 361 g/mol. The molecule has 2 rings (SSSR count). The van der Waals surface area contributed by atoms with Gasteiger partial charge in [-0.2, -0.15) is 0 Å². The van der Waals surface area contributed by atoms with Crippen molar-refractivity contribution in [3.05, 3.63) is 29.8 Å². The van der Waals surface area contributed by atoms with Crippen LogP contribution in [0.3, 0.4) is 0 Å². The minimum Gasteiger partial charge on any atom is -0.497 e. The van der Waals surface area contributed by atoms with Crippen molar-refractivity contribution in [2.24, 2.45) is 11.8 Å². The second-order valence-corrected chi connectivity index (χ2v) is 7.20. The Bertz CT molecular complexity index is 601. The molecular weight excluding hydrogens is 330 g/mol. The highest BCUT2D eigenvalue weighted by Crippen LogP contribution is 2.33. The van der Waals surface area contributed by atoms with Crippen molar-refractivity contribution < 1.29 is 14.3 Å². The topological polar surface area (TPSA) is 70.7 Å². The summed E-state index contributed by atoms with van der Waals surface area (Å²) >= 11 is 0. The van der Waals surface area contributed by atoms with Crippen LogP contribution in [-0.2, 0) is 4.79 Å². The molecule has 1 aliphatic heterocycles. The molecule has 2 atom stereocenters. The Hall–Kier alpha value is -2.24. The quantitative estimate of drug-likeness (QED) is 0.784. The number of nitrogens with one attached hydrogen (secondary N) is 2. The van der Waals surface area contributed by atoms with Gasteiger partial charge in [-0.1, -0.05) is 26.0 Å². The molecule has 1 aliphatic rings. The molecular formula is C20H31N3O3. The monoisotopic (exact) mass is 361 g/mol. The fourth-order valence-electron chi connectivity index (χ4n) is 3.30. The lowest BCUT2D eigenvalue weighted by Gasteiger charge is -2.18. The van der Waals surface area contributed by atoms with Crippen LogP contribution < -0.4 is 15.4 Å². The van der Waals surface area contributed by atoms with Gasteiger partial charge in [-0.05, 0) is 37.0 Å². The van der Waals surface area contributed by atoms with Crippen LogP contribution in [0.1, 0.15) is 38.7 Å². The van der Waals surface area contributed by atoms with Gasteiger partial charge in [0.1, 0.15) is 5.75 Å². The van der Waals surface area contributed by atoms with E-state index < -0.39 is 0 Å². The molecule has 1 heterocycles. The fraction of sp³-hybridized carbons (Fsp3) is 0.600. The van der Waals surface area contributed by atoms with Crippen molar-refractivity contribution in [2.45, 2.75) is 33.1 Å². The van der Waals surface area contributed by atoms with Gasteiger partial charge < -0.3 is 20.3 Å². The minimum atomic E-state index is -0.238. The highest BCUT2D eigenvalue weighted by atomic mass is 16.5. The molecule has 6 nitrogen and oxygen atoms in total. The minimum absolute atomic E-state index is 0.0115. The third-order valence-electron chi connectivity index (χ3n) is 4.84. The summed E-state index contributed by atoms with van der Waals surface area (Å²) in [7, 11) is 1.63. The lowest BCUT2D eigenvalue weighted by atomic mass is 9.88. The van der Waals surface area contributed by atoms with Gasteiger partial charge in [0, 0.05) is 32.1 Å². The van der Waals surface area contributed by atoms with Crippen LogP contribution >= 0.6 is 0 Å². The van der Waals surface area contributed by atoms with Gasteiger partial charge in [0.15, 0.2) is 0 Å². The Balaban J connectivity index is 2.13. The van der Waals surface area contributed by atoms with Crippen molar-refractivity contribution in [3.8, 4) is 5.75 Å². The van der Waals surface area contributed by atoms with E-state index in [9.17, 15) is 9.59 Å². The number of hydrogen-bond donors (Lipinski definition) is 2. The first-order valence-electron chi connectivity index (χ1n) is 9.40. The zero-order valence-corrected chi connectivity index (χ0v) is 16.2. The molecule has 1 aromatic carbocycles. The predicted molar refractivity (Wildman–Crippen MR) is 102 cm³/mol. The number of urea groups is 1. The van der Waals surface area contributed by atoms with Crippen LogP contribution in [0, 0.1) is 11.8 Å². The van der Waals surface area contributed by atoms with Crippen molar-refractivity contribution in [1.29, 1.82) is 0 Å². The van der Waals surface area contributed by atoms with Crippen LogP contribution in [-0.4, -0.2) is 50.1 Å². The third kappa shape index (κ3) is 5.13. The van der Waals surface area contributed by atoms with E-state index in [2.05, 4.69) is 24.5 Å². The maximum Gasteiger partial charge on any atom is 0.317 e. The number of rotatable bonds is 7. The van der Waals surface area contributed by atoms with Crippen LogP contribution in [0.25, 0.3) is 0 Å². The van der Waals surface area contributed by atoms with Crippen molar-refractivity contribution in [3.63, 3.8) is 0 Å². The van der Waals surface area contributed by atoms with E-state index in [1.165, 1.54) is 0 Å². The molecule has 144 valence electrons. The van der Waals surface area contributed by atoms with E-state index in [0.717, 1.165) is 17.7 Å². The van der Waals surface area contributed by atoms with Gasteiger partial charge in [-0.3, -0.25) is 4.79 Å². The number of methoxy groups -OCH3 is 1. The van der Waals surface area contributed by atoms with Crippen LogP contribution in [0.4, 0.5) is 4.79 Å². The van der Waals surface area contributed by atoms with Gasteiger partial charge in [0.05, 0.1) is 13.0 Å². The van der Waals surface area contributed by atoms with Gasteiger partial charge in [-0.15, -0.1) is 0 Å². The Morgan fingerprint density at radius 3 is 2.46 bits per heavy atom. The molecule has 26 heavy (non-hydrogen) atoms. The first kappa shape index (κ1) is 20.1. The Kier molecular flexibility index (Phi) is 7.30. The van der Waals surface area contributed by atoms with Crippen molar-refractivity contribution >= 4 is 11.9 Å². The number of hydrogen-bond acceptors (Lipinski definition) is 3. The lowest BCUT2D eigenvalue weighted by Crippen LogP contribution is -2.40. The maximum atomic E-state index is 12.8. The van der Waals surface area contributed by atoms with E-state index in [-0.39, 0.29) is 23.8 Å². The molecule has 2 unspecified atom stereocenters. The summed E-state index contributed by atoms with van der Waals surface area (Å²) in [5.74, 6) is 1.10. The summed E-state index contributed by atoms with van der Waals surface area (Å²) in [6, 6.07) is 7.66. The zero-order valence-electron chi connectivity index (χ0n) is 16.2. The summed E-state index contributed by atoms with van der Waals surface area (Å²) < 4.78 is 5.22. The number of nitrogens with zero attached hydrogens (tertiary/aromatic N) is 1. The number of ether oxygens (including phenoxy) is 1. The van der Waals surface area contributed by atoms with Crippen LogP contribution in [0.15, 0.2) is 24.3 Å². The van der Waals surface area contributed by atoms with Gasteiger partial charge in [0.2, 0.25) is 5.91 Å². The first-order chi connectivity index (χ1) is 12.5. The molecule has 6 heteroatoms. The molecule has 1 fully saturated rings. The molecule has 0 saturated carbocycles. The van der Waals surface area contributed by atoms with Gasteiger partial charge in [0.25, 0.3) is 0 Å². The summed E-state index contributed by atoms with van der Waals surface area (Å²) in [5.41, 5.74) is 1.06. The van der Waals surface area contributed by atoms with Gasteiger partial charge in [-0.25, -0.2) is 4.79 Å². The molecule has 3 amide bonds. The summed E-state index contributed by atoms with van der Waals surface area (Å²) in [6.45, 7) is 8.40. The second kappa shape index (κ2) is 9.46. The standard InChI is InChI=1S/C20H31N3O3/c1-5-21-20(25)23-12-17(15-6-8-16(26-4)9-7-15)18(13-23)19(24)22-11-10-14(2)3/h6-9,14,17-18H,5,10-13H2,1-4H3,(H,21,25)(H,22,24). The molecule has 0 spiro atoms. The summed E-state index contributed by atoms with van der Waals surface area (Å²) in [6.07, 6.45) is 0.950. The second-order valence-electron chi connectivity index (χ2n) is 7.20. The number of carbonyl (C=O) groups is 2. The van der Waals surface area contributed by atoms with Crippen molar-refractivity contribution in [1.82, 2.24) is 15.5 Å². The maximum absolute atomic E-state index is 12.8. The Morgan fingerprint density at radius 2 is 1.88 bits per heavy atom. The van der Waals surface area contributed by atoms with Crippen LogP contribution in [0.5, 0.6) is 5.75 Å². The lowest BCUT2D eigenvalue weighted by molar-refractivity contribution is -0.124. The Labute approximate surface area is 156 Å². The van der Waals surface area contributed by atoms with E-state index in [4.69, 9.17) is 4.74 Å². The average Bonchev–Trinajstić information content (AvgIpc) is 3.07. The molecule has 1 saturated heterocycles. The predicted octanol–water partition coefficient (Wildman–Crippen LogP) is 2.60. The Morgan fingerprint density at radius 1 is 1.19 bits per heavy atom. The number of likely N-dealkylation sites (tertiary alicyclic amines) is 1. The third-order valence-corrected chi connectivity index (χ3v) is 4.84. The van der Waals surface area contributed by atoms with E-state index in [0.29, 0.717) is 32.1 Å². The summed E-state index contributed by atoms with van der Waals surface area (Å²) in [4.78, 5) is 26.8. The number of carbonyl (C=O) groups excluding carboxylic acids is 2. The zero-order chi connectivity index (χ0) is 19.1. The number of benzene rings is 1. The molecule has 1 aromatic rings. The molecule has 0 aromatic heterocycles. The molecule has 0 bridgehead atoms. The van der Waals surface area contributed by atoms with Crippen LogP contribution in [0.2, 0.25) is 0 Å². The molecule has 0 radical (unpaired) electrons. The van der Waals surface area contributed by atoms with Gasteiger partial charge >= 0.3 is 6.03 Å².